The Balaban J connectivity index is 1.41. The van der Waals surface area contributed by atoms with Crippen molar-refractivity contribution in [1.82, 2.24) is 24.6 Å². The molecule has 2 aromatic heterocycles. The van der Waals surface area contributed by atoms with Crippen molar-refractivity contribution >= 4 is 5.91 Å². The highest BCUT2D eigenvalue weighted by atomic mass is 16.2. The summed E-state index contributed by atoms with van der Waals surface area (Å²) >= 11 is 0. The summed E-state index contributed by atoms with van der Waals surface area (Å²) in [5, 5.41) is 8.49. The topological polar surface area (TPSA) is 63.9 Å². The largest absolute Gasteiger partial charge is 0.339 e. The molecule has 3 heterocycles. The highest BCUT2D eigenvalue weighted by Gasteiger charge is 2.27. The lowest BCUT2D eigenvalue weighted by atomic mass is 9.95. The maximum Gasteiger partial charge on any atom is 0.253 e. The Bertz CT molecular complexity index is 854. The van der Waals surface area contributed by atoms with Gasteiger partial charge in [-0.2, -0.15) is 0 Å². The first-order chi connectivity index (χ1) is 12.8. The molecule has 6 nitrogen and oxygen atoms in total. The van der Waals surface area contributed by atoms with E-state index in [0.717, 1.165) is 38.3 Å². The minimum absolute atomic E-state index is 0.0802. The third kappa shape index (κ3) is 3.49. The van der Waals surface area contributed by atoms with Crippen LogP contribution < -0.4 is 0 Å². The number of carbonyl (C=O) groups is 1. The lowest BCUT2D eigenvalue weighted by molar-refractivity contribution is 0.0710. The fraction of sp³-hybridized carbons (Fsp3) is 0.300. The highest BCUT2D eigenvalue weighted by Crippen LogP contribution is 2.27. The molecule has 1 saturated heterocycles. The summed E-state index contributed by atoms with van der Waals surface area (Å²) in [6, 6.07) is 13.9. The van der Waals surface area contributed by atoms with Crippen LogP contribution in [0.15, 0.2) is 61.2 Å². The zero-order valence-corrected chi connectivity index (χ0v) is 14.5. The fourth-order valence-electron chi connectivity index (χ4n) is 3.50. The van der Waals surface area contributed by atoms with Crippen molar-refractivity contribution in [3.8, 4) is 0 Å². The molecular weight excluding hydrogens is 326 g/mol. The molecule has 0 spiro atoms. The van der Waals surface area contributed by atoms with Crippen LogP contribution in [0.25, 0.3) is 0 Å². The van der Waals surface area contributed by atoms with Gasteiger partial charge in [-0.1, -0.05) is 30.3 Å². The zero-order valence-electron chi connectivity index (χ0n) is 14.5. The number of carbonyl (C=O) groups excluding carboxylic acids is 1. The zero-order chi connectivity index (χ0) is 17.8. The van der Waals surface area contributed by atoms with Gasteiger partial charge in [0.25, 0.3) is 5.91 Å². The van der Waals surface area contributed by atoms with E-state index in [1.807, 2.05) is 23.1 Å². The quantitative estimate of drug-likeness (QED) is 0.728. The molecule has 0 bridgehead atoms. The average Bonchev–Trinajstić information content (AvgIpc) is 3.17. The Kier molecular flexibility index (Phi) is 4.73. The van der Waals surface area contributed by atoms with Crippen LogP contribution in [0.3, 0.4) is 0 Å². The monoisotopic (exact) mass is 347 g/mol. The summed E-state index contributed by atoms with van der Waals surface area (Å²) in [6.45, 7) is 2.26. The molecule has 1 aromatic carbocycles. The summed E-state index contributed by atoms with van der Waals surface area (Å²) in [5.41, 5.74) is 1.93. The van der Waals surface area contributed by atoms with Crippen molar-refractivity contribution in [2.75, 3.05) is 13.1 Å². The van der Waals surface area contributed by atoms with Crippen LogP contribution in [-0.4, -0.2) is 43.6 Å². The van der Waals surface area contributed by atoms with Crippen molar-refractivity contribution in [2.24, 2.45) is 0 Å². The third-order valence-electron chi connectivity index (χ3n) is 4.92. The van der Waals surface area contributed by atoms with Gasteiger partial charge in [0, 0.05) is 37.0 Å². The number of benzene rings is 1. The van der Waals surface area contributed by atoms with E-state index in [4.69, 9.17) is 0 Å². The van der Waals surface area contributed by atoms with Crippen molar-refractivity contribution in [2.45, 2.75) is 25.3 Å². The highest BCUT2D eigenvalue weighted by molar-refractivity contribution is 5.94. The second kappa shape index (κ2) is 7.47. The summed E-state index contributed by atoms with van der Waals surface area (Å²) < 4.78 is 2.13. The second-order valence-corrected chi connectivity index (χ2v) is 6.61. The van der Waals surface area contributed by atoms with E-state index >= 15 is 0 Å². The average molecular weight is 347 g/mol. The molecule has 1 amide bonds. The Morgan fingerprint density at radius 3 is 2.50 bits per heavy atom. The Morgan fingerprint density at radius 1 is 1.04 bits per heavy atom. The summed E-state index contributed by atoms with van der Waals surface area (Å²) in [6.07, 6.45) is 6.93. The summed E-state index contributed by atoms with van der Waals surface area (Å²) in [7, 11) is 0. The molecular formula is C20H21N5O. The number of hydrogen-bond donors (Lipinski definition) is 0. The van der Waals surface area contributed by atoms with Gasteiger partial charge in [-0.3, -0.25) is 9.78 Å². The van der Waals surface area contributed by atoms with Crippen LogP contribution in [0, 0.1) is 0 Å². The van der Waals surface area contributed by atoms with Crippen LogP contribution >= 0.6 is 0 Å². The second-order valence-electron chi connectivity index (χ2n) is 6.61. The molecule has 0 unspecified atom stereocenters. The van der Waals surface area contributed by atoms with Gasteiger partial charge in [0.1, 0.15) is 12.2 Å². The van der Waals surface area contributed by atoms with Gasteiger partial charge in [-0.25, -0.2) is 0 Å². The Hall–Kier alpha value is -3.02. The molecule has 1 aliphatic heterocycles. The van der Waals surface area contributed by atoms with Gasteiger partial charge < -0.3 is 9.47 Å². The summed E-state index contributed by atoms with van der Waals surface area (Å²) in [4.78, 5) is 18.5. The SMILES string of the molecule is O=C(c1ccncc1)N1CCC(c2nncn2Cc2ccccc2)CC1. The maximum atomic E-state index is 12.6. The first-order valence-corrected chi connectivity index (χ1v) is 8.92. The molecule has 3 aromatic rings. The van der Waals surface area contributed by atoms with E-state index in [9.17, 15) is 4.79 Å². The fourth-order valence-corrected chi connectivity index (χ4v) is 3.50. The van der Waals surface area contributed by atoms with E-state index in [1.54, 1.807) is 30.9 Å². The van der Waals surface area contributed by atoms with E-state index in [1.165, 1.54) is 5.56 Å². The molecule has 0 N–H and O–H groups in total. The van der Waals surface area contributed by atoms with Gasteiger partial charge in [0.05, 0.1) is 6.54 Å². The normalized spacial score (nSPS) is 15.2. The van der Waals surface area contributed by atoms with Gasteiger partial charge in [-0.15, -0.1) is 10.2 Å². The first-order valence-electron chi connectivity index (χ1n) is 8.92. The molecule has 132 valence electrons. The van der Waals surface area contributed by atoms with E-state index in [0.29, 0.717) is 11.5 Å². The smallest absolute Gasteiger partial charge is 0.253 e. The van der Waals surface area contributed by atoms with Gasteiger partial charge >= 0.3 is 0 Å². The predicted octanol–water partition coefficient (Wildman–Crippen LogP) is 2.74. The number of hydrogen-bond acceptors (Lipinski definition) is 4. The Labute approximate surface area is 152 Å². The summed E-state index contributed by atoms with van der Waals surface area (Å²) in [5.74, 6) is 1.43. The number of pyridine rings is 1. The standard InChI is InChI=1S/C20H21N5O/c26-20(18-6-10-21-11-7-18)24-12-8-17(9-13-24)19-23-22-15-25(19)14-16-4-2-1-3-5-16/h1-7,10-11,15,17H,8-9,12-14H2. The van der Waals surface area contributed by atoms with Gasteiger partial charge in [-0.05, 0) is 30.5 Å². The molecule has 1 aliphatic rings. The molecule has 0 radical (unpaired) electrons. The van der Waals surface area contributed by atoms with Crippen LogP contribution in [0.5, 0.6) is 0 Å². The first kappa shape index (κ1) is 16.4. The van der Waals surface area contributed by atoms with Crippen molar-refractivity contribution < 1.29 is 4.79 Å². The molecule has 4 rings (SSSR count). The van der Waals surface area contributed by atoms with E-state index < -0.39 is 0 Å². The molecule has 26 heavy (non-hydrogen) atoms. The van der Waals surface area contributed by atoms with E-state index in [2.05, 4.69) is 31.9 Å². The minimum Gasteiger partial charge on any atom is -0.339 e. The number of piperidine rings is 1. The minimum atomic E-state index is 0.0802. The van der Waals surface area contributed by atoms with Gasteiger partial charge in [0.2, 0.25) is 0 Å². The van der Waals surface area contributed by atoms with Crippen LogP contribution in [0.2, 0.25) is 0 Å². The Morgan fingerprint density at radius 2 is 1.77 bits per heavy atom. The molecule has 0 saturated carbocycles. The lowest BCUT2D eigenvalue weighted by Gasteiger charge is -2.31. The van der Waals surface area contributed by atoms with E-state index in [-0.39, 0.29) is 5.91 Å². The van der Waals surface area contributed by atoms with Crippen LogP contribution in [0.4, 0.5) is 0 Å². The molecule has 0 atom stereocenters. The number of likely N-dealkylation sites (tertiary alicyclic amines) is 1. The van der Waals surface area contributed by atoms with Gasteiger partial charge in [0.15, 0.2) is 0 Å². The number of rotatable bonds is 4. The van der Waals surface area contributed by atoms with Crippen molar-refractivity contribution in [3.05, 3.63) is 78.1 Å². The number of amides is 1. The van der Waals surface area contributed by atoms with Crippen molar-refractivity contribution in [3.63, 3.8) is 0 Å². The number of nitrogens with zero attached hydrogens (tertiary/aromatic N) is 5. The molecule has 0 aliphatic carbocycles. The third-order valence-corrected chi connectivity index (χ3v) is 4.92. The number of aromatic nitrogens is 4. The maximum absolute atomic E-state index is 12.6. The van der Waals surface area contributed by atoms with Crippen LogP contribution in [0.1, 0.15) is 40.5 Å². The predicted molar refractivity (Wildman–Crippen MR) is 97.7 cm³/mol. The molecule has 1 fully saturated rings. The molecule has 6 heteroatoms. The van der Waals surface area contributed by atoms with Crippen molar-refractivity contribution in [1.29, 1.82) is 0 Å². The lowest BCUT2D eigenvalue weighted by Crippen LogP contribution is -2.38. The van der Waals surface area contributed by atoms with Crippen LogP contribution in [-0.2, 0) is 6.54 Å².